The molecule has 1 aromatic heterocycles. The van der Waals surface area contributed by atoms with E-state index in [-0.39, 0.29) is 11.5 Å². The Balaban J connectivity index is 2.18. The number of carbonyl (C=O) groups is 1. The van der Waals surface area contributed by atoms with Crippen molar-refractivity contribution in [3.05, 3.63) is 40.2 Å². The molecule has 3 rings (SSSR count). The van der Waals surface area contributed by atoms with Crippen LogP contribution in [0.1, 0.15) is 45.8 Å². The molecule has 6 nitrogen and oxygen atoms in total. The van der Waals surface area contributed by atoms with Crippen molar-refractivity contribution in [1.29, 1.82) is 0 Å². The minimum Gasteiger partial charge on any atom is -0.484 e. The number of fused-ring (bicyclic) bond motifs is 3. The number of aliphatic hydroxyl groups excluding tert-OH is 1. The first kappa shape index (κ1) is 17.5. The van der Waals surface area contributed by atoms with Crippen molar-refractivity contribution in [2.45, 2.75) is 51.9 Å². The van der Waals surface area contributed by atoms with Gasteiger partial charge in [0, 0.05) is 11.5 Å². The first-order valence-corrected chi connectivity index (χ1v) is 8.39. The maximum Gasteiger partial charge on any atom is 0.336 e. The minimum atomic E-state index is -1.11. The molecule has 0 amide bonds. The largest absolute Gasteiger partial charge is 0.484 e. The standard InChI is InChI=1S/C19H22O6/c1-5-10(2)18(22)24-16-14-12(25-19(3,4)17(16)21)8-6-11-7-9-13(20)23-15(11)14/h6-10,16-17,21H,5H2,1-4H3/t10-,16+,17-/m1/s1. The fourth-order valence-corrected chi connectivity index (χ4v) is 2.89. The van der Waals surface area contributed by atoms with Crippen LogP contribution in [0, 0.1) is 5.92 Å². The van der Waals surface area contributed by atoms with Gasteiger partial charge in [-0.3, -0.25) is 4.79 Å². The first-order chi connectivity index (χ1) is 11.7. The predicted octanol–water partition coefficient (Wildman–Crippen LogP) is 2.96. The van der Waals surface area contributed by atoms with Gasteiger partial charge in [0.25, 0.3) is 0 Å². The molecule has 25 heavy (non-hydrogen) atoms. The van der Waals surface area contributed by atoms with Gasteiger partial charge in [-0.15, -0.1) is 0 Å². The van der Waals surface area contributed by atoms with E-state index >= 15 is 0 Å². The summed E-state index contributed by atoms with van der Waals surface area (Å²) in [5, 5.41) is 11.4. The molecule has 0 unspecified atom stereocenters. The fourth-order valence-electron chi connectivity index (χ4n) is 2.89. The highest BCUT2D eigenvalue weighted by atomic mass is 16.6. The normalized spacial score (nSPS) is 22.8. The van der Waals surface area contributed by atoms with Crippen molar-refractivity contribution in [3.8, 4) is 5.75 Å². The van der Waals surface area contributed by atoms with Crippen LogP contribution in [-0.4, -0.2) is 22.8 Å². The zero-order chi connectivity index (χ0) is 18.4. The highest BCUT2D eigenvalue weighted by molar-refractivity contribution is 5.83. The number of hydrogen-bond donors (Lipinski definition) is 1. The lowest BCUT2D eigenvalue weighted by atomic mass is 9.87. The van der Waals surface area contributed by atoms with E-state index in [0.717, 1.165) is 0 Å². The molecule has 134 valence electrons. The van der Waals surface area contributed by atoms with Crippen molar-refractivity contribution >= 4 is 16.9 Å². The summed E-state index contributed by atoms with van der Waals surface area (Å²) in [6.45, 7) is 7.09. The molecule has 0 fully saturated rings. The molecule has 2 heterocycles. The van der Waals surface area contributed by atoms with E-state index in [1.165, 1.54) is 6.07 Å². The Morgan fingerprint density at radius 1 is 1.32 bits per heavy atom. The molecule has 0 aliphatic carbocycles. The Morgan fingerprint density at radius 2 is 2.00 bits per heavy atom. The molecule has 1 aliphatic heterocycles. The van der Waals surface area contributed by atoms with Gasteiger partial charge >= 0.3 is 11.6 Å². The molecule has 0 saturated heterocycles. The predicted molar refractivity (Wildman–Crippen MR) is 91.5 cm³/mol. The van der Waals surface area contributed by atoms with E-state index in [4.69, 9.17) is 13.9 Å². The van der Waals surface area contributed by atoms with Gasteiger partial charge in [0.2, 0.25) is 0 Å². The van der Waals surface area contributed by atoms with Gasteiger partial charge in [-0.25, -0.2) is 4.79 Å². The average Bonchev–Trinajstić information content (AvgIpc) is 2.57. The fraction of sp³-hybridized carbons (Fsp3) is 0.474. The summed E-state index contributed by atoms with van der Waals surface area (Å²) >= 11 is 0. The summed E-state index contributed by atoms with van der Waals surface area (Å²) in [4.78, 5) is 24.0. The molecule has 1 aromatic carbocycles. The second kappa shape index (κ2) is 6.19. The third-order valence-corrected chi connectivity index (χ3v) is 4.70. The molecule has 0 spiro atoms. The van der Waals surface area contributed by atoms with Gasteiger partial charge in [0.15, 0.2) is 6.10 Å². The molecule has 0 radical (unpaired) electrons. The highest BCUT2D eigenvalue weighted by Gasteiger charge is 2.46. The highest BCUT2D eigenvalue weighted by Crippen LogP contribution is 2.45. The van der Waals surface area contributed by atoms with Crippen molar-refractivity contribution < 1.29 is 23.8 Å². The lowest BCUT2D eigenvalue weighted by Gasteiger charge is -2.41. The van der Waals surface area contributed by atoms with Crippen LogP contribution in [0.5, 0.6) is 5.75 Å². The maximum atomic E-state index is 12.3. The molecule has 1 aliphatic rings. The average molecular weight is 346 g/mol. The van der Waals surface area contributed by atoms with E-state index in [2.05, 4.69) is 0 Å². The first-order valence-electron chi connectivity index (χ1n) is 8.39. The van der Waals surface area contributed by atoms with Crippen LogP contribution < -0.4 is 10.4 Å². The number of hydrogen-bond acceptors (Lipinski definition) is 6. The maximum absolute atomic E-state index is 12.3. The second-order valence-electron chi connectivity index (χ2n) is 6.97. The van der Waals surface area contributed by atoms with E-state index in [9.17, 15) is 14.7 Å². The minimum absolute atomic E-state index is 0.265. The van der Waals surface area contributed by atoms with Crippen molar-refractivity contribution in [1.82, 2.24) is 0 Å². The summed E-state index contributed by atoms with van der Waals surface area (Å²) in [5.41, 5.74) is -0.830. The van der Waals surface area contributed by atoms with E-state index in [1.54, 1.807) is 39.0 Å². The van der Waals surface area contributed by atoms with Crippen LogP contribution in [-0.2, 0) is 9.53 Å². The Hall–Kier alpha value is -2.34. The van der Waals surface area contributed by atoms with Crippen LogP contribution in [0.15, 0.2) is 33.5 Å². The summed E-state index contributed by atoms with van der Waals surface area (Å²) in [7, 11) is 0. The molecule has 2 aromatic rings. The summed E-state index contributed by atoms with van der Waals surface area (Å²) in [6, 6.07) is 6.44. The van der Waals surface area contributed by atoms with E-state index in [1.807, 2.05) is 6.92 Å². The van der Waals surface area contributed by atoms with Crippen LogP contribution in [0.2, 0.25) is 0 Å². The van der Waals surface area contributed by atoms with Crippen molar-refractivity contribution in [3.63, 3.8) is 0 Å². The molecule has 6 heteroatoms. The quantitative estimate of drug-likeness (QED) is 0.679. The van der Waals surface area contributed by atoms with Crippen LogP contribution in [0.3, 0.4) is 0 Å². The lowest BCUT2D eigenvalue weighted by Crippen LogP contribution is -2.50. The molecule has 3 atom stereocenters. The van der Waals surface area contributed by atoms with Crippen LogP contribution in [0.4, 0.5) is 0 Å². The third kappa shape index (κ3) is 3.02. The zero-order valence-electron chi connectivity index (χ0n) is 14.7. The number of aliphatic hydroxyl groups is 1. The topological polar surface area (TPSA) is 86.0 Å². The Bertz CT molecular complexity index is 866. The van der Waals surface area contributed by atoms with E-state index < -0.39 is 29.4 Å². The summed E-state index contributed by atoms with van der Waals surface area (Å²) in [6.07, 6.45) is -1.46. The monoisotopic (exact) mass is 346 g/mol. The Labute approximate surface area is 145 Å². The van der Waals surface area contributed by atoms with Gasteiger partial charge in [0.1, 0.15) is 23.0 Å². The van der Waals surface area contributed by atoms with Gasteiger partial charge < -0.3 is 19.0 Å². The number of esters is 1. The van der Waals surface area contributed by atoms with E-state index in [0.29, 0.717) is 23.1 Å². The number of ether oxygens (including phenoxy) is 2. The SMILES string of the molecule is CC[C@@H](C)C(=O)O[C@H]1c2c(ccc3ccc(=O)oc23)OC(C)(C)[C@@H]1O. The van der Waals surface area contributed by atoms with Gasteiger partial charge in [-0.1, -0.05) is 13.8 Å². The lowest BCUT2D eigenvalue weighted by molar-refractivity contribution is -0.174. The molecule has 0 saturated carbocycles. The number of rotatable bonds is 3. The Morgan fingerprint density at radius 3 is 2.68 bits per heavy atom. The molecule has 1 N–H and O–H groups in total. The van der Waals surface area contributed by atoms with Gasteiger partial charge in [-0.05, 0) is 38.5 Å². The Kier molecular flexibility index (Phi) is 4.33. The summed E-state index contributed by atoms with van der Waals surface area (Å²) < 4.78 is 16.8. The molecular weight excluding hydrogens is 324 g/mol. The summed E-state index contributed by atoms with van der Waals surface area (Å²) in [5.74, 6) is -0.284. The molecular formula is C19H22O6. The van der Waals surface area contributed by atoms with Crippen LogP contribution >= 0.6 is 0 Å². The zero-order valence-corrected chi connectivity index (χ0v) is 14.7. The van der Waals surface area contributed by atoms with Gasteiger partial charge in [-0.2, -0.15) is 0 Å². The second-order valence-corrected chi connectivity index (χ2v) is 6.97. The third-order valence-electron chi connectivity index (χ3n) is 4.70. The van der Waals surface area contributed by atoms with Crippen LogP contribution in [0.25, 0.3) is 11.0 Å². The number of benzene rings is 1. The number of carbonyl (C=O) groups excluding carboxylic acids is 1. The van der Waals surface area contributed by atoms with Crippen molar-refractivity contribution in [2.75, 3.05) is 0 Å². The smallest absolute Gasteiger partial charge is 0.336 e. The van der Waals surface area contributed by atoms with Gasteiger partial charge in [0.05, 0.1) is 11.5 Å². The van der Waals surface area contributed by atoms with Crippen molar-refractivity contribution in [2.24, 2.45) is 5.92 Å². The molecule has 0 bridgehead atoms.